The van der Waals surface area contributed by atoms with Crippen molar-refractivity contribution >= 4 is 11.9 Å². The van der Waals surface area contributed by atoms with E-state index in [0.29, 0.717) is 46.3 Å². The molecule has 1 aliphatic carbocycles. The molecule has 0 aromatic heterocycles. The summed E-state index contributed by atoms with van der Waals surface area (Å²) in [4.78, 5) is 12.8. The van der Waals surface area contributed by atoms with E-state index in [9.17, 15) is 4.79 Å². The number of hydrogen-bond acceptors (Lipinski definition) is 6. The number of hydrogen-bond donors (Lipinski definition) is 0. The summed E-state index contributed by atoms with van der Waals surface area (Å²) in [6.45, 7) is 0. The van der Waals surface area contributed by atoms with E-state index in [1.54, 1.807) is 41.6 Å². The van der Waals surface area contributed by atoms with Crippen LogP contribution in [-0.2, 0) is 6.42 Å². The topological polar surface area (TPSA) is 63.2 Å². The number of methoxy groups -OCH3 is 5. The predicted molar refractivity (Wildman–Crippen MR) is 102 cm³/mol. The Balaban J connectivity index is 2.03. The lowest BCUT2D eigenvalue weighted by Gasteiger charge is -2.13. The Morgan fingerprint density at radius 3 is 1.81 bits per heavy atom. The first-order chi connectivity index (χ1) is 13.1. The largest absolute Gasteiger partial charge is 0.493 e. The van der Waals surface area contributed by atoms with Gasteiger partial charge in [0.25, 0.3) is 0 Å². The van der Waals surface area contributed by atoms with Crippen molar-refractivity contribution in [3.05, 3.63) is 46.5 Å². The zero-order chi connectivity index (χ0) is 19.6. The molecule has 2 aromatic rings. The van der Waals surface area contributed by atoms with Crippen LogP contribution < -0.4 is 23.7 Å². The van der Waals surface area contributed by atoms with Crippen LogP contribution in [0.4, 0.5) is 0 Å². The Morgan fingerprint density at radius 1 is 0.741 bits per heavy atom. The number of allylic oxidation sites excluding steroid dienone is 1. The van der Waals surface area contributed by atoms with Gasteiger partial charge in [0.05, 0.1) is 35.5 Å². The lowest BCUT2D eigenvalue weighted by molar-refractivity contribution is 0.104. The van der Waals surface area contributed by atoms with Crippen LogP contribution in [0.1, 0.15) is 21.5 Å². The molecule has 0 unspecified atom stereocenters. The predicted octanol–water partition coefficient (Wildman–Crippen LogP) is 3.55. The summed E-state index contributed by atoms with van der Waals surface area (Å²) in [7, 11) is 7.80. The molecule has 0 bridgehead atoms. The minimum atomic E-state index is -0.0281. The second kappa shape index (κ2) is 7.61. The van der Waals surface area contributed by atoms with Gasteiger partial charge in [-0.2, -0.15) is 0 Å². The molecule has 0 N–H and O–H groups in total. The number of rotatable bonds is 6. The van der Waals surface area contributed by atoms with Crippen LogP contribution in [0.5, 0.6) is 28.7 Å². The standard InChI is InChI=1S/C21H22O6/c1-23-16-10-13-9-14(20(22)15(13)11-17(16)24-2)6-12-7-18(25-3)21(27-5)19(8-12)26-4/h6-8,10-11H,9H2,1-5H3/b14-6-. The lowest BCUT2D eigenvalue weighted by Crippen LogP contribution is -1.98. The van der Waals surface area contributed by atoms with Crippen molar-refractivity contribution in [2.45, 2.75) is 6.42 Å². The molecule has 3 rings (SSSR count). The maximum atomic E-state index is 12.8. The fourth-order valence-electron chi connectivity index (χ4n) is 3.24. The first-order valence-electron chi connectivity index (χ1n) is 8.36. The number of Topliss-reactive ketones (excluding diaryl/α,β-unsaturated/α-hetero) is 1. The van der Waals surface area contributed by atoms with Gasteiger partial charge in [-0.25, -0.2) is 0 Å². The molecule has 0 saturated heterocycles. The highest BCUT2D eigenvalue weighted by Crippen LogP contribution is 2.40. The van der Waals surface area contributed by atoms with E-state index >= 15 is 0 Å². The second-order valence-electron chi connectivity index (χ2n) is 6.00. The van der Waals surface area contributed by atoms with Gasteiger partial charge >= 0.3 is 0 Å². The summed E-state index contributed by atoms with van der Waals surface area (Å²) in [6.07, 6.45) is 2.36. The molecule has 0 saturated carbocycles. The third-order valence-corrected chi connectivity index (χ3v) is 4.55. The summed E-state index contributed by atoms with van der Waals surface area (Å²) < 4.78 is 26.7. The number of fused-ring (bicyclic) bond motifs is 1. The van der Waals surface area contributed by atoms with E-state index in [4.69, 9.17) is 23.7 Å². The molecule has 0 atom stereocenters. The van der Waals surface area contributed by atoms with E-state index in [-0.39, 0.29) is 5.78 Å². The second-order valence-corrected chi connectivity index (χ2v) is 6.00. The van der Waals surface area contributed by atoms with Gasteiger partial charge in [-0.3, -0.25) is 4.79 Å². The monoisotopic (exact) mass is 370 g/mol. The first kappa shape index (κ1) is 18.6. The minimum absolute atomic E-state index is 0.0281. The Labute approximate surface area is 158 Å². The number of benzene rings is 2. The van der Waals surface area contributed by atoms with Crippen molar-refractivity contribution < 1.29 is 28.5 Å². The summed E-state index contributed by atoms with van der Waals surface area (Å²) in [6, 6.07) is 7.20. The van der Waals surface area contributed by atoms with Gasteiger partial charge in [-0.1, -0.05) is 0 Å². The molecule has 142 valence electrons. The highest BCUT2D eigenvalue weighted by molar-refractivity contribution is 6.16. The molecule has 0 heterocycles. The fraction of sp³-hybridized carbons (Fsp3) is 0.286. The van der Waals surface area contributed by atoms with Crippen molar-refractivity contribution in [1.29, 1.82) is 0 Å². The van der Waals surface area contributed by atoms with E-state index in [0.717, 1.165) is 11.1 Å². The van der Waals surface area contributed by atoms with Gasteiger partial charge < -0.3 is 23.7 Å². The number of ketones is 1. The van der Waals surface area contributed by atoms with Crippen molar-refractivity contribution in [2.24, 2.45) is 0 Å². The molecule has 2 aromatic carbocycles. The van der Waals surface area contributed by atoms with Gasteiger partial charge in [-0.05, 0) is 41.5 Å². The molecular weight excluding hydrogens is 348 g/mol. The third-order valence-electron chi connectivity index (χ3n) is 4.55. The normalized spacial score (nSPS) is 14.1. The van der Waals surface area contributed by atoms with Crippen LogP contribution in [0.3, 0.4) is 0 Å². The van der Waals surface area contributed by atoms with Gasteiger partial charge in [-0.15, -0.1) is 0 Å². The van der Waals surface area contributed by atoms with Crippen LogP contribution in [0.25, 0.3) is 6.08 Å². The van der Waals surface area contributed by atoms with Crippen LogP contribution in [0.15, 0.2) is 29.8 Å². The van der Waals surface area contributed by atoms with Gasteiger partial charge in [0, 0.05) is 17.6 Å². The summed E-state index contributed by atoms with van der Waals surface area (Å²) in [5, 5.41) is 0. The van der Waals surface area contributed by atoms with Crippen LogP contribution in [0, 0.1) is 0 Å². The average molecular weight is 370 g/mol. The van der Waals surface area contributed by atoms with E-state index in [2.05, 4.69) is 0 Å². The number of ether oxygens (including phenoxy) is 5. The quantitative estimate of drug-likeness (QED) is 0.725. The van der Waals surface area contributed by atoms with Crippen molar-refractivity contribution in [3.63, 3.8) is 0 Å². The van der Waals surface area contributed by atoms with Crippen LogP contribution >= 0.6 is 0 Å². The highest BCUT2D eigenvalue weighted by atomic mass is 16.5. The van der Waals surface area contributed by atoms with Gasteiger partial charge in [0.15, 0.2) is 28.8 Å². The molecule has 0 aliphatic heterocycles. The van der Waals surface area contributed by atoms with Crippen molar-refractivity contribution in [3.8, 4) is 28.7 Å². The SMILES string of the molecule is COc1cc2c(cc1OC)C(=O)/C(=C\c1cc(OC)c(OC)c(OC)c1)C2. The Bertz CT molecular complexity index is 888. The molecule has 0 amide bonds. The summed E-state index contributed by atoms with van der Waals surface area (Å²) in [5.74, 6) is 2.71. The van der Waals surface area contributed by atoms with Crippen LogP contribution in [-0.4, -0.2) is 41.3 Å². The Morgan fingerprint density at radius 2 is 1.30 bits per heavy atom. The van der Waals surface area contributed by atoms with E-state index in [1.807, 2.05) is 24.3 Å². The molecule has 6 heteroatoms. The molecule has 0 spiro atoms. The Hall–Kier alpha value is -3.15. The third kappa shape index (κ3) is 3.30. The zero-order valence-corrected chi connectivity index (χ0v) is 16.0. The van der Waals surface area contributed by atoms with Crippen molar-refractivity contribution in [1.82, 2.24) is 0 Å². The number of carbonyl (C=O) groups excluding carboxylic acids is 1. The van der Waals surface area contributed by atoms with E-state index < -0.39 is 0 Å². The molecule has 0 fully saturated rings. The zero-order valence-electron chi connectivity index (χ0n) is 16.0. The van der Waals surface area contributed by atoms with Gasteiger partial charge in [0.2, 0.25) is 5.75 Å². The summed E-state index contributed by atoms with van der Waals surface area (Å²) >= 11 is 0. The van der Waals surface area contributed by atoms with Gasteiger partial charge in [0.1, 0.15) is 0 Å². The summed E-state index contributed by atoms with van der Waals surface area (Å²) in [5.41, 5.74) is 3.01. The fourth-order valence-corrected chi connectivity index (χ4v) is 3.24. The minimum Gasteiger partial charge on any atom is -0.493 e. The average Bonchev–Trinajstić information content (AvgIpc) is 3.00. The smallest absolute Gasteiger partial charge is 0.203 e. The molecule has 6 nitrogen and oxygen atoms in total. The molecule has 0 radical (unpaired) electrons. The highest BCUT2D eigenvalue weighted by Gasteiger charge is 2.27. The van der Waals surface area contributed by atoms with E-state index in [1.165, 1.54) is 0 Å². The van der Waals surface area contributed by atoms with Crippen LogP contribution in [0.2, 0.25) is 0 Å². The lowest BCUT2D eigenvalue weighted by atomic mass is 10.1. The van der Waals surface area contributed by atoms with Crippen molar-refractivity contribution in [2.75, 3.05) is 35.5 Å². The molecule has 27 heavy (non-hydrogen) atoms. The number of carbonyl (C=O) groups is 1. The maximum absolute atomic E-state index is 12.8. The Kier molecular flexibility index (Phi) is 5.26. The first-order valence-corrected chi connectivity index (χ1v) is 8.36. The maximum Gasteiger partial charge on any atom is 0.203 e. The molecule has 1 aliphatic rings. The molecular formula is C21H22O6.